The smallest absolute Gasteiger partial charge is 0.256 e. The lowest BCUT2D eigenvalue weighted by atomic mass is 9.90. The summed E-state index contributed by atoms with van der Waals surface area (Å²) in [5.41, 5.74) is 2.59. The Morgan fingerprint density at radius 1 is 1.23 bits per heavy atom. The van der Waals surface area contributed by atoms with Crippen LogP contribution in [-0.2, 0) is 7.05 Å². The number of aryl methyl sites for hydroxylation is 2. The molecule has 1 N–H and O–H groups in total. The highest BCUT2D eigenvalue weighted by Gasteiger charge is 2.46. The van der Waals surface area contributed by atoms with Crippen molar-refractivity contribution < 1.29 is 9.59 Å². The third kappa shape index (κ3) is 2.97. The van der Waals surface area contributed by atoms with Crippen molar-refractivity contribution >= 4 is 28.7 Å². The van der Waals surface area contributed by atoms with E-state index < -0.39 is 5.66 Å². The van der Waals surface area contributed by atoms with Crippen molar-refractivity contribution in [3.8, 4) is 0 Å². The van der Waals surface area contributed by atoms with E-state index in [-0.39, 0.29) is 11.8 Å². The van der Waals surface area contributed by atoms with Gasteiger partial charge in [-0.2, -0.15) is 0 Å². The van der Waals surface area contributed by atoms with Crippen molar-refractivity contribution in [1.82, 2.24) is 24.8 Å². The Bertz CT molecular complexity index is 1190. The Morgan fingerprint density at radius 3 is 2.74 bits per heavy atom. The van der Waals surface area contributed by atoms with Crippen LogP contribution in [0.4, 0.5) is 5.82 Å². The van der Waals surface area contributed by atoms with Crippen molar-refractivity contribution in [2.75, 3.05) is 24.5 Å². The molecule has 0 bridgehead atoms. The van der Waals surface area contributed by atoms with E-state index in [0.29, 0.717) is 37.1 Å². The standard InChI is InChI=1S/C23H26N6O2/c1-4-29-20-17(6-5-11-24-20)21(30)26-23(29)9-12-28(13-10-23)22(31)16-7-8-19-18(14-16)25-15(2)27(19)3/h5-8,11,14H,4,9-10,12-13H2,1-3H3,(H,26,30). The molecule has 0 atom stereocenters. The second kappa shape index (κ2) is 7.08. The minimum Gasteiger partial charge on any atom is -0.338 e. The number of likely N-dealkylation sites (tertiary alicyclic amines) is 1. The number of nitrogens with zero attached hydrogens (tertiary/aromatic N) is 5. The van der Waals surface area contributed by atoms with Crippen LogP contribution in [0.1, 0.15) is 46.3 Å². The van der Waals surface area contributed by atoms with Crippen LogP contribution >= 0.6 is 0 Å². The second-order valence-corrected chi connectivity index (χ2v) is 8.32. The van der Waals surface area contributed by atoms with Gasteiger partial charge < -0.3 is 19.7 Å². The molecule has 5 rings (SSSR count). The van der Waals surface area contributed by atoms with Gasteiger partial charge in [0.25, 0.3) is 11.8 Å². The minimum absolute atomic E-state index is 0.00349. The number of benzene rings is 1. The van der Waals surface area contributed by atoms with Crippen LogP contribution in [0.5, 0.6) is 0 Å². The molecule has 0 aliphatic carbocycles. The fraction of sp³-hybridized carbons (Fsp3) is 0.391. The Hall–Kier alpha value is -3.42. The molecule has 0 unspecified atom stereocenters. The van der Waals surface area contributed by atoms with Gasteiger partial charge >= 0.3 is 0 Å². The Labute approximate surface area is 180 Å². The number of aromatic nitrogens is 3. The van der Waals surface area contributed by atoms with Gasteiger partial charge in [-0.3, -0.25) is 9.59 Å². The molecule has 1 saturated heterocycles. The fourth-order valence-corrected chi connectivity index (χ4v) is 4.90. The molecular formula is C23H26N6O2. The number of nitrogens with one attached hydrogen (secondary N) is 1. The molecule has 1 aromatic carbocycles. The quantitative estimate of drug-likeness (QED) is 0.691. The number of piperidine rings is 1. The average Bonchev–Trinajstić information content (AvgIpc) is 3.07. The maximum atomic E-state index is 13.2. The maximum absolute atomic E-state index is 13.2. The number of imidazole rings is 1. The number of anilines is 1. The van der Waals surface area contributed by atoms with Crippen molar-refractivity contribution in [1.29, 1.82) is 0 Å². The van der Waals surface area contributed by atoms with E-state index in [4.69, 9.17) is 0 Å². The lowest BCUT2D eigenvalue weighted by Gasteiger charge is -2.51. The zero-order valence-electron chi connectivity index (χ0n) is 18.1. The Morgan fingerprint density at radius 2 is 2.00 bits per heavy atom. The molecule has 1 fully saturated rings. The molecular weight excluding hydrogens is 392 g/mol. The molecule has 2 aromatic heterocycles. The van der Waals surface area contributed by atoms with Crippen LogP contribution in [0.25, 0.3) is 11.0 Å². The molecule has 0 radical (unpaired) electrons. The van der Waals surface area contributed by atoms with Gasteiger partial charge in [0.15, 0.2) is 0 Å². The summed E-state index contributed by atoms with van der Waals surface area (Å²) >= 11 is 0. The fourth-order valence-electron chi connectivity index (χ4n) is 4.90. The van der Waals surface area contributed by atoms with Crippen LogP contribution in [0, 0.1) is 6.92 Å². The second-order valence-electron chi connectivity index (χ2n) is 8.32. The highest BCUT2D eigenvalue weighted by molar-refractivity contribution is 6.02. The number of hydrogen-bond acceptors (Lipinski definition) is 5. The zero-order valence-corrected chi connectivity index (χ0v) is 18.1. The highest BCUT2D eigenvalue weighted by atomic mass is 16.2. The van der Waals surface area contributed by atoms with Gasteiger partial charge in [0.1, 0.15) is 17.3 Å². The summed E-state index contributed by atoms with van der Waals surface area (Å²) in [6.07, 6.45) is 3.03. The van der Waals surface area contributed by atoms with Gasteiger partial charge in [-0.1, -0.05) is 0 Å². The molecule has 8 nitrogen and oxygen atoms in total. The first-order valence-electron chi connectivity index (χ1n) is 10.7. The van der Waals surface area contributed by atoms with Crippen LogP contribution in [0.3, 0.4) is 0 Å². The summed E-state index contributed by atoms with van der Waals surface area (Å²) in [5.74, 6) is 1.55. The molecule has 31 heavy (non-hydrogen) atoms. The molecule has 160 valence electrons. The van der Waals surface area contributed by atoms with E-state index in [0.717, 1.165) is 29.2 Å². The van der Waals surface area contributed by atoms with Crippen LogP contribution in [-0.4, -0.2) is 56.5 Å². The normalized spacial score (nSPS) is 17.7. The van der Waals surface area contributed by atoms with E-state index in [2.05, 4.69) is 27.1 Å². The van der Waals surface area contributed by atoms with E-state index in [9.17, 15) is 9.59 Å². The first kappa shape index (κ1) is 19.5. The SMILES string of the molecule is CCN1c2ncccc2C(=O)NC12CCN(C(=O)c1ccc3c(c1)nc(C)n3C)CC2. The number of pyridine rings is 1. The first-order chi connectivity index (χ1) is 14.9. The molecule has 0 saturated carbocycles. The maximum Gasteiger partial charge on any atom is 0.256 e. The third-order valence-electron chi connectivity index (χ3n) is 6.70. The van der Waals surface area contributed by atoms with Crippen LogP contribution < -0.4 is 10.2 Å². The van der Waals surface area contributed by atoms with Crippen LogP contribution in [0.15, 0.2) is 36.5 Å². The zero-order chi connectivity index (χ0) is 21.8. The molecule has 2 aliphatic rings. The summed E-state index contributed by atoms with van der Waals surface area (Å²) < 4.78 is 2.02. The molecule has 8 heteroatoms. The molecule has 2 amide bonds. The number of carbonyl (C=O) groups is 2. The number of hydrogen-bond donors (Lipinski definition) is 1. The monoisotopic (exact) mass is 418 g/mol. The van der Waals surface area contributed by atoms with Gasteiger partial charge in [-0.25, -0.2) is 9.97 Å². The predicted molar refractivity (Wildman–Crippen MR) is 118 cm³/mol. The van der Waals surface area contributed by atoms with Gasteiger partial charge in [0.2, 0.25) is 0 Å². The van der Waals surface area contributed by atoms with Gasteiger partial charge in [0.05, 0.1) is 16.6 Å². The summed E-state index contributed by atoms with van der Waals surface area (Å²) in [7, 11) is 1.97. The van der Waals surface area contributed by atoms with Gasteiger partial charge in [-0.05, 0) is 44.2 Å². The van der Waals surface area contributed by atoms with E-state index >= 15 is 0 Å². The molecule has 2 aliphatic heterocycles. The summed E-state index contributed by atoms with van der Waals surface area (Å²) in [6.45, 7) is 5.89. The summed E-state index contributed by atoms with van der Waals surface area (Å²) in [5, 5.41) is 3.22. The first-order valence-corrected chi connectivity index (χ1v) is 10.7. The van der Waals surface area contributed by atoms with E-state index in [1.54, 1.807) is 18.3 Å². The lowest BCUT2D eigenvalue weighted by molar-refractivity contribution is 0.0602. The molecule has 4 heterocycles. The minimum atomic E-state index is -0.508. The van der Waals surface area contributed by atoms with E-state index in [1.165, 1.54) is 0 Å². The average molecular weight is 419 g/mol. The topological polar surface area (TPSA) is 83.4 Å². The number of amides is 2. The largest absolute Gasteiger partial charge is 0.338 e. The van der Waals surface area contributed by atoms with Crippen molar-refractivity contribution in [2.24, 2.45) is 7.05 Å². The number of rotatable bonds is 2. The Balaban J connectivity index is 1.37. The molecule has 3 aromatic rings. The lowest BCUT2D eigenvalue weighted by Crippen LogP contribution is -2.68. The summed E-state index contributed by atoms with van der Waals surface area (Å²) in [4.78, 5) is 39.0. The van der Waals surface area contributed by atoms with Gasteiger partial charge in [0, 0.05) is 51.3 Å². The van der Waals surface area contributed by atoms with Crippen molar-refractivity contribution in [2.45, 2.75) is 32.4 Å². The predicted octanol–water partition coefficient (Wildman–Crippen LogP) is 2.48. The van der Waals surface area contributed by atoms with Crippen molar-refractivity contribution in [3.05, 3.63) is 53.5 Å². The highest BCUT2D eigenvalue weighted by Crippen LogP contribution is 2.36. The molecule has 1 spiro atoms. The van der Waals surface area contributed by atoms with Crippen LogP contribution in [0.2, 0.25) is 0 Å². The number of fused-ring (bicyclic) bond motifs is 2. The third-order valence-corrected chi connectivity index (χ3v) is 6.70. The van der Waals surface area contributed by atoms with Crippen molar-refractivity contribution in [3.63, 3.8) is 0 Å². The van der Waals surface area contributed by atoms with E-state index in [1.807, 2.05) is 41.6 Å². The van der Waals surface area contributed by atoms with Gasteiger partial charge in [-0.15, -0.1) is 0 Å². The Kier molecular flexibility index (Phi) is 4.46. The summed E-state index contributed by atoms with van der Waals surface area (Å²) in [6, 6.07) is 9.29. The number of carbonyl (C=O) groups excluding carboxylic acids is 2.